The minimum Gasteiger partial charge on any atom is -0.504 e. The van der Waals surface area contributed by atoms with Gasteiger partial charge in [0.05, 0.1) is 36.5 Å². The number of nitrogens with two attached hydrogens (primary N) is 1. The van der Waals surface area contributed by atoms with E-state index < -0.39 is 5.82 Å². The van der Waals surface area contributed by atoms with Crippen LogP contribution in [0.4, 0.5) is 4.39 Å². The molecule has 0 aromatic carbocycles. The summed E-state index contributed by atoms with van der Waals surface area (Å²) < 4.78 is 14.7. The van der Waals surface area contributed by atoms with Gasteiger partial charge in [-0.2, -0.15) is 10.4 Å². The molecule has 0 aliphatic rings. The molecule has 0 aliphatic heterocycles. The average Bonchev–Trinajstić information content (AvgIpc) is 3.27. The maximum absolute atomic E-state index is 14.7. The lowest BCUT2D eigenvalue weighted by molar-refractivity contribution is 0.111. The largest absolute Gasteiger partial charge is 0.504 e. The molecular weight excluding hydrogens is 379 g/mol. The van der Waals surface area contributed by atoms with E-state index >= 15 is 0 Å². The molecule has 2 heterocycles. The molecular formula is C18H19FN8O2. The number of aldehydes is 1. The van der Waals surface area contributed by atoms with Crippen molar-refractivity contribution in [2.45, 2.75) is 20.3 Å². The third-order valence-corrected chi connectivity index (χ3v) is 3.55. The molecule has 150 valence electrons. The second kappa shape index (κ2) is 9.23. The number of nitrogens with one attached hydrogen (secondary N) is 2. The molecule has 10 nitrogen and oxygen atoms in total. The summed E-state index contributed by atoms with van der Waals surface area (Å²) in [5.41, 5.74) is 5.92. The topological polar surface area (TPSA) is 169 Å². The van der Waals surface area contributed by atoms with E-state index in [1.54, 1.807) is 6.92 Å². The molecule has 29 heavy (non-hydrogen) atoms. The molecule has 0 radical (unpaired) electrons. The number of carbonyl (C=O) groups excluding carboxylic acids is 1. The molecule has 2 aromatic rings. The first kappa shape index (κ1) is 21.2. The van der Waals surface area contributed by atoms with Gasteiger partial charge < -0.3 is 15.8 Å². The Morgan fingerprint density at radius 3 is 2.76 bits per heavy atom. The Kier molecular flexibility index (Phi) is 6.75. The number of H-pyrrole nitrogens is 2. The highest BCUT2D eigenvalue weighted by Crippen LogP contribution is 2.25. The van der Waals surface area contributed by atoms with Crippen LogP contribution in [0.2, 0.25) is 0 Å². The zero-order chi connectivity index (χ0) is 21.6. The molecule has 0 saturated carbocycles. The van der Waals surface area contributed by atoms with Gasteiger partial charge in [-0.05, 0) is 13.8 Å². The number of rotatable bonds is 8. The average molecular weight is 398 g/mol. The van der Waals surface area contributed by atoms with Crippen LogP contribution in [0.3, 0.4) is 0 Å². The number of hydrogen-bond acceptors (Lipinski definition) is 8. The van der Waals surface area contributed by atoms with Crippen molar-refractivity contribution in [3.8, 4) is 17.5 Å². The second-order valence-corrected chi connectivity index (χ2v) is 5.93. The summed E-state index contributed by atoms with van der Waals surface area (Å²) in [6.07, 6.45) is 1.73. The van der Waals surface area contributed by atoms with Crippen LogP contribution in [0.15, 0.2) is 33.7 Å². The first-order valence-electron chi connectivity index (χ1n) is 8.36. The van der Waals surface area contributed by atoms with Gasteiger partial charge in [0.1, 0.15) is 11.4 Å². The van der Waals surface area contributed by atoms with Crippen molar-refractivity contribution in [3.05, 3.63) is 46.8 Å². The van der Waals surface area contributed by atoms with Crippen LogP contribution in [-0.2, 0) is 0 Å². The predicted molar refractivity (Wildman–Crippen MR) is 105 cm³/mol. The minimum absolute atomic E-state index is 0.0104. The highest BCUT2D eigenvalue weighted by Gasteiger charge is 2.23. The quantitative estimate of drug-likeness (QED) is 0.230. The van der Waals surface area contributed by atoms with Crippen LogP contribution < -0.4 is 5.73 Å². The van der Waals surface area contributed by atoms with Crippen LogP contribution in [0.1, 0.15) is 42.3 Å². The third kappa shape index (κ3) is 4.81. The normalized spacial score (nSPS) is 12.7. The molecule has 0 unspecified atom stereocenters. The Morgan fingerprint density at radius 2 is 2.17 bits per heavy atom. The maximum Gasteiger partial charge on any atom is 0.186 e. The van der Waals surface area contributed by atoms with Gasteiger partial charge in [-0.15, -0.1) is 0 Å². The molecule has 5 N–H and O–H groups in total. The third-order valence-electron chi connectivity index (χ3n) is 3.55. The van der Waals surface area contributed by atoms with Crippen molar-refractivity contribution in [1.29, 1.82) is 5.26 Å². The molecule has 0 amide bonds. The number of hydrogen-bond donors (Lipinski definition) is 4. The number of carbonyl (C=O) groups is 1. The lowest BCUT2D eigenvalue weighted by Crippen LogP contribution is -2.13. The molecule has 2 aromatic heterocycles. The van der Waals surface area contributed by atoms with Gasteiger partial charge in [-0.25, -0.2) is 9.37 Å². The van der Waals surface area contributed by atoms with E-state index in [1.807, 2.05) is 6.07 Å². The monoisotopic (exact) mass is 398 g/mol. The van der Waals surface area contributed by atoms with E-state index in [4.69, 9.17) is 11.0 Å². The minimum atomic E-state index is -0.855. The van der Waals surface area contributed by atoms with E-state index in [0.717, 1.165) is 0 Å². The maximum atomic E-state index is 14.7. The number of aromatic amines is 2. The van der Waals surface area contributed by atoms with Crippen molar-refractivity contribution in [3.63, 3.8) is 0 Å². The van der Waals surface area contributed by atoms with Gasteiger partial charge in [0.2, 0.25) is 0 Å². The summed E-state index contributed by atoms with van der Waals surface area (Å²) in [6.45, 7) is 6.82. The van der Waals surface area contributed by atoms with Crippen LogP contribution in [0.5, 0.6) is 0 Å². The molecule has 0 atom stereocenters. The van der Waals surface area contributed by atoms with Gasteiger partial charge in [0, 0.05) is 11.4 Å². The summed E-state index contributed by atoms with van der Waals surface area (Å²) in [5, 5.41) is 25.4. The molecule has 0 spiro atoms. The molecule has 2 rings (SSSR count). The number of aliphatic hydroxyl groups is 1. The summed E-state index contributed by atoms with van der Waals surface area (Å²) in [7, 11) is 0. The predicted octanol–water partition coefficient (Wildman–Crippen LogP) is 2.15. The SMILES string of the molecule is C=C(C)N=Cc1[nH]c(C=O)c(F)c1-c1n[nH]c(C(=NCCC#N)/C(O)=C(/C)N)n1. The van der Waals surface area contributed by atoms with Gasteiger partial charge >= 0.3 is 0 Å². The Bertz CT molecular complexity index is 1060. The fourth-order valence-corrected chi connectivity index (χ4v) is 2.23. The summed E-state index contributed by atoms with van der Waals surface area (Å²) in [5.74, 6) is -1.29. The fraction of sp³-hybridized carbons (Fsp3) is 0.222. The van der Waals surface area contributed by atoms with Crippen molar-refractivity contribution in [2.24, 2.45) is 15.7 Å². The van der Waals surface area contributed by atoms with E-state index in [0.29, 0.717) is 12.0 Å². The fourth-order valence-electron chi connectivity index (χ4n) is 2.23. The van der Waals surface area contributed by atoms with Gasteiger partial charge in [0.25, 0.3) is 0 Å². The standard InChI is InChI=1S/C18H19FN8O2/c1-9(2)23-7-11-13(14(19)12(8-28)24-11)17-25-18(27-26-17)15(16(29)10(3)21)22-6-4-5-20/h7-8,24,29H,1,4,6,21H2,2-3H3,(H,25,26,27)/b16-10+,22-15?,23-7?. The summed E-state index contributed by atoms with van der Waals surface area (Å²) in [6, 6.07) is 1.93. The van der Waals surface area contributed by atoms with E-state index in [1.165, 1.54) is 13.1 Å². The van der Waals surface area contributed by atoms with Crippen molar-refractivity contribution in [2.75, 3.05) is 6.54 Å². The van der Waals surface area contributed by atoms with Crippen LogP contribution in [0.25, 0.3) is 11.4 Å². The zero-order valence-electron chi connectivity index (χ0n) is 15.8. The molecule has 0 fully saturated rings. The Labute approximate surface area is 165 Å². The molecule has 0 saturated heterocycles. The number of aliphatic hydroxyl groups excluding tert-OH is 1. The Balaban J connectivity index is 2.58. The first-order chi connectivity index (χ1) is 13.8. The van der Waals surface area contributed by atoms with E-state index in [-0.39, 0.29) is 58.7 Å². The number of halogens is 1. The van der Waals surface area contributed by atoms with Crippen LogP contribution >= 0.6 is 0 Å². The van der Waals surface area contributed by atoms with Gasteiger partial charge in [-0.1, -0.05) is 6.58 Å². The van der Waals surface area contributed by atoms with Crippen molar-refractivity contribution in [1.82, 2.24) is 20.2 Å². The molecule has 0 aliphatic carbocycles. The Morgan fingerprint density at radius 1 is 1.45 bits per heavy atom. The number of allylic oxidation sites excluding steroid dienone is 3. The van der Waals surface area contributed by atoms with E-state index in [9.17, 15) is 14.3 Å². The van der Waals surface area contributed by atoms with E-state index in [2.05, 4.69) is 36.7 Å². The second-order valence-electron chi connectivity index (χ2n) is 5.93. The number of nitriles is 1. The van der Waals surface area contributed by atoms with Crippen LogP contribution in [0, 0.1) is 17.1 Å². The lowest BCUT2D eigenvalue weighted by Gasteiger charge is -2.04. The smallest absolute Gasteiger partial charge is 0.186 e. The summed E-state index contributed by atoms with van der Waals surface area (Å²) in [4.78, 5) is 26.0. The molecule has 11 heteroatoms. The van der Waals surface area contributed by atoms with Crippen molar-refractivity contribution >= 4 is 18.2 Å². The summed E-state index contributed by atoms with van der Waals surface area (Å²) >= 11 is 0. The lowest BCUT2D eigenvalue weighted by atomic mass is 10.2. The van der Waals surface area contributed by atoms with Gasteiger partial charge in [-0.3, -0.25) is 19.9 Å². The number of aliphatic imine (C=N–C) groups is 2. The molecule has 0 bridgehead atoms. The van der Waals surface area contributed by atoms with Gasteiger partial charge in [0.15, 0.2) is 29.5 Å². The number of nitrogens with zero attached hydrogens (tertiary/aromatic N) is 5. The highest BCUT2D eigenvalue weighted by atomic mass is 19.1. The highest BCUT2D eigenvalue weighted by molar-refractivity contribution is 6.09. The number of aromatic nitrogens is 4. The zero-order valence-corrected chi connectivity index (χ0v) is 15.8. The Hall–Kier alpha value is -4.07. The van der Waals surface area contributed by atoms with Crippen LogP contribution in [-0.4, -0.2) is 50.0 Å². The first-order valence-corrected chi connectivity index (χ1v) is 8.36. The van der Waals surface area contributed by atoms with Crippen molar-refractivity contribution < 1.29 is 14.3 Å².